The van der Waals surface area contributed by atoms with Crippen LogP contribution in [0.1, 0.15) is 16.9 Å². The molecule has 1 aliphatic heterocycles. The van der Waals surface area contributed by atoms with Crippen molar-refractivity contribution >= 4 is 40.5 Å². The number of hydrogen-bond acceptors (Lipinski definition) is 6. The number of amides is 4. The van der Waals surface area contributed by atoms with E-state index in [1.807, 2.05) is 28.8 Å². The number of aromatic nitrogens is 1. The third-order valence-corrected chi connectivity index (χ3v) is 5.67. The van der Waals surface area contributed by atoms with E-state index in [1.54, 1.807) is 30.5 Å². The molecule has 1 fully saturated rings. The van der Waals surface area contributed by atoms with Gasteiger partial charge in [-0.05, 0) is 29.8 Å². The number of benzene rings is 2. The number of barbiturate groups is 1. The Morgan fingerprint density at radius 1 is 1.00 bits per heavy atom. The van der Waals surface area contributed by atoms with Gasteiger partial charge in [0.15, 0.2) is 0 Å². The van der Waals surface area contributed by atoms with Crippen molar-refractivity contribution in [3.8, 4) is 0 Å². The van der Waals surface area contributed by atoms with Crippen molar-refractivity contribution in [3.63, 3.8) is 0 Å². The maximum atomic E-state index is 13.1. The van der Waals surface area contributed by atoms with Gasteiger partial charge >= 0.3 is 6.03 Å². The van der Waals surface area contributed by atoms with Gasteiger partial charge in [-0.25, -0.2) is 4.79 Å². The van der Waals surface area contributed by atoms with Gasteiger partial charge in [-0.2, -0.15) is 0 Å². The molecular weight excluding hydrogens is 452 g/mol. The van der Waals surface area contributed by atoms with Crippen LogP contribution in [0.2, 0.25) is 0 Å². The van der Waals surface area contributed by atoms with Crippen molar-refractivity contribution in [2.45, 2.75) is 13.1 Å². The van der Waals surface area contributed by atoms with E-state index in [-0.39, 0.29) is 17.8 Å². The number of nitro groups is 1. The minimum absolute atomic E-state index is 0.00732. The van der Waals surface area contributed by atoms with Crippen molar-refractivity contribution in [1.29, 1.82) is 0 Å². The van der Waals surface area contributed by atoms with Gasteiger partial charge in [0, 0.05) is 41.3 Å². The van der Waals surface area contributed by atoms with Gasteiger partial charge in [-0.3, -0.25) is 29.9 Å². The van der Waals surface area contributed by atoms with E-state index in [0.717, 1.165) is 21.4 Å². The molecule has 0 aliphatic carbocycles. The topological polar surface area (TPSA) is 128 Å². The molecule has 4 amide bonds. The first-order valence-corrected chi connectivity index (χ1v) is 10.6. The molecule has 10 nitrogen and oxygen atoms in total. The molecule has 0 saturated carbocycles. The van der Waals surface area contributed by atoms with E-state index in [2.05, 4.69) is 5.32 Å². The van der Waals surface area contributed by atoms with E-state index in [9.17, 15) is 24.5 Å². The predicted molar refractivity (Wildman–Crippen MR) is 125 cm³/mol. The second-order valence-electron chi connectivity index (χ2n) is 7.94. The highest BCUT2D eigenvalue weighted by Gasteiger charge is 2.36. The molecule has 5 rings (SSSR count). The molecular formula is C25H18N4O6. The van der Waals surface area contributed by atoms with Gasteiger partial charge in [-0.15, -0.1) is 0 Å². The number of furan rings is 1. The van der Waals surface area contributed by atoms with Gasteiger partial charge in [0.05, 0.1) is 17.7 Å². The quantitative estimate of drug-likeness (QED) is 0.197. The van der Waals surface area contributed by atoms with Crippen molar-refractivity contribution < 1.29 is 23.7 Å². The van der Waals surface area contributed by atoms with Crippen LogP contribution in [0.5, 0.6) is 0 Å². The summed E-state index contributed by atoms with van der Waals surface area (Å²) in [7, 11) is 0. The average Bonchev–Trinajstić information content (AvgIpc) is 3.48. The number of urea groups is 1. The number of rotatable bonds is 6. The fourth-order valence-corrected chi connectivity index (χ4v) is 4.04. The zero-order valence-electron chi connectivity index (χ0n) is 18.2. The Labute approximate surface area is 198 Å². The van der Waals surface area contributed by atoms with E-state index < -0.39 is 22.8 Å². The normalized spacial score (nSPS) is 15.1. The summed E-state index contributed by atoms with van der Waals surface area (Å²) in [4.78, 5) is 49.5. The highest BCUT2D eigenvalue weighted by molar-refractivity contribution is 6.31. The molecule has 3 heterocycles. The number of nitrogens with one attached hydrogen (secondary N) is 1. The second kappa shape index (κ2) is 8.75. The van der Waals surface area contributed by atoms with Crippen molar-refractivity contribution in [2.75, 3.05) is 0 Å². The lowest BCUT2D eigenvalue weighted by Gasteiger charge is -2.25. The molecule has 10 heteroatoms. The number of carbonyl (C=O) groups is 3. The standard InChI is InChI=1S/C25H18N4O6/c30-23-21(24(31)28(25(32)26-23)15-19-7-4-10-35-19)12-17-14-27(22-9-2-1-8-20(17)22)13-16-5-3-6-18(11-16)29(33)34/h1-12,14H,13,15H2,(H,26,30,32). The maximum absolute atomic E-state index is 13.1. The highest BCUT2D eigenvalue weighted by Crippen LogP contribution is 2.27. The van der Waals surface area contributed by atoms with Gasteiger partial charge < -0.3 is 8.98 Å². The summed E-state index contributed by atoms with van der Waals surface area (Å²) < 4.78 is 7.12. The average molecular weight is 470 g/mol. The molecule has 35 heavy (non-hydrogen) atoms. The summed E-state index contributed by atoms with van der Waals surface area (Å²) in [6, 6.07) is 16.2. The third kappa shape index (κ3) is 4.20. The molecule has 1 saturated heterocycles. The Bertz CT molecular complexity index is 1520. The van der Waals surface area contributed by atoms with Gasteiger partial charge in [0.2, 0.25) is 0 Å². The number of hydrogen-bond donors (Lipinski definition) is 1. The van der Waals surface area contributed by atoms with Gasteiger partial charge in [-0.1, -0.05) is 30.3 Å². The van der Waals surface area contributed by atoms with Crippen LogP contribution in [0.25, 0.3) is 17.0 Å². The molecule has 4 aromatic rings. The molecule has 1 aliphatic rings. The Balaban J connectivity index is 1.52. The monoisotopic (exact) mass is 470 g/mol. The summed E-state index contributed by atoms with van der Waals surface area (Å²) in [6.45, 7) is 0.228. The van der Waals surface area contributed by atoms with Gasteiger partial charge in [0.25, 0.3) is 17.5 Å². The minimum Gasteiger partial charge on any atom is -0.467 e. The molecule has 0 atom stereocenters. The van der Waals surface area contributed by atoms with Crippen LogP contribution in [0.15, 0.2) is 83.1 Å². The van der Waals surface area contributed by atoms with Crippen LogP contribution in [0.4, 0.5) is 10.5 Å². The zero-order valence-corrected chi connectivity index (χ0v) is 18.2. The number of nitrogens with zero attached hydrogens (tertiary/aromatic N) is 3. The van der Waals surface area contributed by atoms with E-state index in [0.29, 0.717) is 17.9 Å². The first-order chi connectivity index (χ1) is 16.9. The Kier molecular flexibility index (Phi) is 5.46. The Hall–Kier alpha value is -4.99. The molecule has 0 bridgehead atoms. The highest BCUT2D eigenvalue weighted by atomic mass is 16.6. The number of non-ortho nitro benzene ring substituents is 1. The molecule has 0 spiro atoms. The SMILES string of the molecule is O=C1NC(=O)N(Cc2ccco2)C(=O)C1=Cc1cn(Cc2cccc([N+](=O)[O-])c2)c2ccccc12. The summed E-state index contributed by atoms with van der Waals surface area (Å²) in [5.41, 5.74) is 1.94. The summed E-state index contributed by atoms with van der Waals surface area (Å²) >= 11 is 0. The summed E-state index contributed by atoms with van der Waals surface area (Å²) in [6.07, 6.45) is 4.65. The smallest absolute Gasteiger partial charge is 0.331 e. The molecule has 0 radical (unpaired) electrons. The number of carbonyl (C=O) groups excluding carboxylic acids is 3. The lowest BCUT2D eigenvalue weighted by atomic mass is 10.1. The first kappa shape index (κ1) is 21.8. The number of para-hydroxylation sites is 1. The predicted octanol–water partition coefficient (Wildman–Crippen LogP) is 3.85. The third-order valence-electron chi connectivity index (χ3n) is 5.67. The van der Waals surface area contributed by atoms with Crippen LogP contribution in [0, 0.1) is 10.1 Å². The first-order valence-electron chi connectivity index (χ1n) is 10.6. The molecule has 2 aromatic carbocycles. The summed E-state index contributed by atoms with van der Waals surface area (Å²) in [5, 5.41) is 14.1. The van der Waals surface area contributed by atoms with Crippen molar-refractivity contribution in [1.82, 2.24) is 14.8 Å². The summed E-state index contributed by atoms with van der Waals surface area (Å²) in [5.74, 6) is -1.12. The van der Waals surface area contributed by atoms with Crippen LogP contribution < -0.4 is 5.32 Å². The van der Waals surface area contributed by atoms with E-state index in [4.69, 9.17) is 4.42 Å². The van der Waals surface area contributed by atoms with Crippen molar-refractivity contribution in [2.24, 2.45) is 0 Å². The Morgan fingerprint density at radius 3 is 2.60 bits per heavy atom. The minimum atomic E-state index is -0.818. The number of fused-ring (bicyclic) bond motifs is 1. The van der Waals surface area contributed by atoms with Crippen LogP contribution in [-0.4, -0.2) is 32.2 Å². The lowest BCUT2D eigenvalue weighted by molar-refractivity contribution is -0.384. The number of imide groups is 2. The molecule has 0 unspecified atom stereocenters. The fourth-order valence-electron chi connectivity index (χ4n) is 4.04. The lowest BCUT2D eigenvalue weighted by Crippen LogP contribution is -2.53. The molecule has 1 N–H and O–H groups in total. The number of nitro benzene ring substituents is 1. The zero-order chi connectivity index (χ0) is 24.5. The molecule has 174 valence electrons. The fraction of sp³-hybridized carbons (Fsp3) is 0.0800. The second-order valence-corrected chi connectivity index (χ2v) is 7.94. The maximum Gasteiger partial charge on any atom is 0.331 e. The van der Waals surface area contributed by atoms with Crippen LogP contribution in [0.3, 0.4) is 0 Å². The largest absolute Gasteiger partial charge is 0.467 e. The Morgan fingerprint density at radius 2 is 1.83 bits per heavy atom. The van der Waals surface area contributed by atoms with Crippen LogP contribution in [-0.2, 0) is 22.7 Å². The molecule has 2 aromatic heterocycles. The van der Waals surface area contributed by atoms with Crippen molar-refractivity contribution in [3.05, 3.63) is 106 Å². The van der Waals surface area contributed by atoms with Gasteiger partial charge in [0.1, 0.15) is 11.3 Å². The van der Waals surface area contributed by atoms with E-state index in [1.165, 1.54) is 24.5 Å². The van der Waals surface area contributed by atoms with Crippen LogP contribution >= 0.6 is 0 Å². The van der Waals surface area contributed by atoms with E-state index >= 15 is 0 Å².